The van der Waals surface area contributed by atoms with E-state index in [1.165, 1.54) is 6.07 Å². The Balaban J connectivity index is 1.96. The fourth-order valence-corrected chi connectivity index (χ4v) is 4.07. The van der Waals surface area contributed by atoms with Gasteiger partial charge in [-0.25, -0.2) is 8.42 Å². The van der Waals surface area contributed by atoms with Crippen LogP contribution in [0.5, 0.6) is 0 Å². The first kappa shape index (κ1) is 16.8. The van der Waals surface area contributed by atoms with Gasteiger partial charge in [0, 0.05) is 24.2 Å². The van der Waals surface area contributed by atoms with Crippen LogP contribution in [0.1, 0.15) is 17.5 Å². The number of benzene rings is 2. The molecule has 2 aromatic carbocycles. The smallest absolute Gasteiger partial charge is 0.261 e. The van der Waals surface area contributed by atoms with Gasteiger partial charge in [-0.15, -0.1) is 0 Å². The Morgan fingerprint density at radius 3 is 2.67 bits per heavy atom. The molecule has 0 aromatic heterocycles. The van der Waals surface area contributed by atoms with Crippen molar-refractivity contribution in [1.29, 1.82) is 0 Å². The molecule has 3 rings (SSSR count). The number of carbonyl (C=O) groups excluding carboxylic acids is 1. The summed E-state index contributed by atoms with van der Waals surface area (Å²) in [6, 6.07) is 9.88. The third kappa shape index (κ3) is 2.99. The number of fused-ring (bicyclic) bond motifs is 1. The van der Waals surface area contributed by atoms with E-state index in [1.54, 1.807) is 49.2 Å². The van der Waals surface area contributed by atoms with Crippen molar-refractivity contribution in [3.8, 4) is 0 Å². The minimum Gasteiger partial charge on any atom is -0.315 e. The van der Waals surface area contributed by atoms with Crippen molar-refractivity contribution < 1.29 is 13.2 Å². The van der Waals surface area contributed by atoms with Crippen LogP contribution in [0.2, 0.25) is 5.02 Å². The van der Waals surface area contributed by atoms with Crippen molar-refractivity contribution in [2.75, 3.05) is 16.7 Å². The summed E-state index contributed by atoms with van der Waals surface area (Å²) in [5, 5.41) is 0.501. The number of amides is 1. The summed E-state index contributed by atoms with van der Waals surface area (Å²) >= 11 is 6.04. The second kappa shape index (κ2) is 6.11. The zero-order valence-electron chi connectivity index (χ0n) is 13.3. The van der Waals surface area contributed by atoms with Gasteiger partial charge in [-0.2, -0.15) is 0 Å². The molecule has 1 amide bonds. The van der Waals surface area contributed by atoms with Crippen LogP contribution in [-0.2, 0) is 21.2 Å². The first-order valence-corrected chi connectivity index (χ1v) is 9.33. The number of carbonyl (C=O) groups is 1. The van der Waals surface area contributed by atoms with E-state index in [0.29, 0.717) is 29.1 Å². The van der Waals surface area contributed by atoms with Gasteiger partial charge < -0.3 is 4.90 Å². The Morgan fingerprint density at radius 1 is 1.17 bits per heavy atom. The number of anilines is 2. The lowest BCUT2D eigenvalue weighted by molar-refractivity contribution is -0.118. The van der Waals surface area contributed by atoms with E-state index >= 15 is 0 Å². The van der Waals surface area contributed by atoms with Gasteiger partial charge in [0.25, 0.3) is 10.0 Å². The molecule has 5 nitrogen and oxygen atoms in total. The Kier molecular flexibility index (Phi) is 4.27. The molecule has 1 heterocycles. The van der Waals surface area contributed by atoms with E-state index in [2.05, 4.69) is 4.72 Å². The molecule has 126 valence electrons. The van der Waals surface area contributed by atoms with Gasteiger partial charge in [0.1, 0.15) is 0 Å². The van der Waals surface area contributed by atoms with E-state index < -0.39 is 10.0 Å². The number of halogens is 1. The lowest BCUT2D eigenvalue weighted by atomic mass is 10.0. The highest BCUT2D eigenvalue weighted by atomic mass is 35.5. The third-order valence-corrected chi connectivity index (χ3v) is 5.99. The SMILES string of the molecule is Cc1c(Cl)cccc1NS(=O)(=O)c1ccc2c(c1)CCC(=O)N2C. The summed E-state index contributed by atoms with van der Waals surface area (Å²) in [4.78, 5) is 13.5. The van der Waals surface area contributed by atoms with Crippen molar-refractivity contribution in [1.82, 2.24) is 0 Å². The van der Waals surface area contributed by atoms with Crippen molar-refractivity contribution in [3.05, 3.63) is 52.5 Å². The van der Waals surface area contributed by atoms with E-state index in [1.807, 2.05) is 0 Å². The van der Waals surface area contributed by atoms with Crippen LogP contribution in [0, 0.1) is 6.92 Å². The number of hydrogen-bond donors (Lipinski definition) is 1. The summed E-state index contributed by atoms with van der Waals surface area (Å²) in [6.45, 7) is 1.76. The lowest BCUT2D eigenvalue weighted by Crippen LogP contribution is -2.31. The highest BCUT2D eigenvalue weighted by molar-refractivity contribution is 7.92. The second-order valence-corrected chi connectivity index (χ2v) is 7.85. The van der Waals surface area contributed by atoms with Crippen LogP contribution < -0.4 is 9.62 Å². The molecule has 0 radical (unpaired) electrons. The van der Waals surface area contributed by atoms with Gasteiger partial charge in [-0.05, 0) is 54.8 Å². The fraction of sp³-hybridized carbons (Fsp3) is 0.235. The molecule has 0 fully saturated rings. The summed E-state index contributed by atoms with van der Waals surface area (Å²) in [5.74, 6) is 0.0331. The van der Waals surface area contributed by atoms with E-state index in [4.69, 9.17) is 11.6 Å². The van der Waals surface area contributed by atoms with Gasteiger partial charge >= 0.3 is 0 Å². The molecule has 0 aliphatic carbocycles. The van der Waals surface area contributed by atoms with Crippen LogP contribution in [0.3, 0.4) is 0 Å². The maximum Gasteiger partial charge on any atom is 0.261 e. The average Bonchev–Trinajstić information content (AvgIpc) is 2.55. The topological polar surface area (TPSA) is 66.5 Å². The average molecular weight is 365 g/mol. The summed E-state index contributed by atoms with van der Waals surface area (Å²) in [5.41, 5.74) is 2.73. The normalized spacial score (nSPS) is 14.5. The minimum atomic E-state index is -3.73. The molecule has 1 aliphatic heterocycles. The zero-order valence-corrected chi connectivity index (χ0v) is 14.9. The van der Waals surface area contributed by atoms with Crippen LogP contribution in [0.4, 0.5) is 11.4 Å². The van der Waals surface area contributed by atoms with E-state index in [0.717, 1.165) is 11.3 Å². The quantitative estimate of drug-likeness (QED) is 0.908. The summed E-state index contributed by atoms with van der Waals surface area (Å²) in [7, 11) is -2.03. The maximum absolute atomic E-state index is 12.7. The van der Waals surface area contributed by atoms with Gasteiger partial charge in [-0.1, -0.05) is 17.7 Å². The molecule has 0 saturated heterocycles. The van der Waals surface area contributed by atoms with Gasteiger partial charge in [-0.3, -0.25) is 9.52 Å². The third-order valence-electron chi connectivity index (χ3n) is 4.22. The van der Waals surface area contributed by atoms with Crippen molar-refractivity contribution in [2.24, 2.45) is 0 Å². The largest absolute Gasteiger partial charge is 0.315 e. The van der Waals surface area contributed by atoms with Crippen LogP contribution >= 0.6 is 11.6 Å². The van der Waals surface area contributed by atoms with E-state index in [9.17, 15) is 13.2 Å². The number of nitrogens with zero attached hydrogens (tertiary/aromatic N) is 1. The number of rotatable bonds is 3. The standard InChI is InChI=1S/C17H17ClN2O3S/c1-11-14(18)4-3-5-15(11)19-24(22,23)13-7-8-16-12(10-13)6-9-17(21)20(16)2/h3-5,7-8,10,19H,6,9H2,1-2H3. The van der Waals surface area contributed by atoms with Gasteiger partial charge in [0.2, 0.25) is 5.91 Å². The number of sulfonamides is 1. The van der Waals surface area contributed by atoms with Crippen molar-refractivity contribution >= 4 is 38.9 Å². The van der Waals surface area contributed by atoms with Crippen LogP contribution in [-0.4, -0.2) is 21.4 Å². The van der Waals surface area contributed by atoms with E-state index in [-0.39, 0.29) is 10.8 Å². The molecule has 1 aliphatic rings. The molecular formula is C17H17ClN2O3S. The van der Waals surface area contributed by atoms with Gasteiger partial charge in [0.15, 0.2) is 0 Å². The van der Waals surface area contributed by atoms with Crippen LogP contribution in [0.25, 0.3) is 0 Å². The van der Waals surface area contributed by atoms with Crippen molar-refractivity contribution in [3.63, 3.8) is 0 Å². The Bertz CT molecular complexity index is 925. The van der Waals surface area contributed by atoms with Gasteiger partial charge in [0.05, 0.1) is 10.6 Å². The Morgan fingerprint density at radius 2 is 1.92 bits per heavy atom. The summed E-state index contributed by atoms with van der Waals surface area (Å²) < 4.78 is 27.9. The molecular weight excluding hydrogens is 348 g/mol. The monoisotopic (exact) mass is 364 g/mol. The molecule has 7 heteroatoms. The van der Waals surface area contributed by atoms with Crippen molar-refractivity contribution in [2.45, 2.75) is 24.7 Å². The highest BCUT2D eigenvalue weighted by Crippen LogP contribution is 2.30. The number of aryl methyl sites for hydroxylation is 1. The molecule has 0 bridgehead atoms. The molecule has 1 N–H and O–H groups in total. The number of hydrogen-bond acceptors (Lipinski definition) is 3. The molecule has 2 aromatic rings. The minimum absolute atomic E-state index is 0.0331. The van der Waals surface area contributed by atoms with Crippen LogP contribution in [0.15, 0.2) is 41.3 Å². The maximum atomic E-state index is 12.7. The molecule has 0 unspecified atom stereocenters. The zero-order chi connectivity index (χ0) is 17.5. The molecule has 0 atom stereocenters. The Labute approximate surface area is 146 Å². The predicted octanol–water partition coefficient (Wildman–Crippen LogP) is 3.36. The Hall–Kier alpha value is -2.05. The lowest BCUT2D eigenvalue weighted by Gasteiger charge is -2.26. The second-order valence-electron chi connectivity index (χ2n) is 5.76. The first-order valence-electron chi connectivity index (χ1n) is 7.47. The predicted molar refractivity (Wildman–Crippen MR) is 95.2 cm³/mol. The number of nitrogens with one attached hydrogen (secondary N) is 1. The highest BCUT2D eigenvalue weighted by Gasteiger charge is 2.24. The summed E-state index contributed by atoms with van der Waals surface area (Å²) in [6.07, 6.45) is 0.923. The first-order chi connectivity index (χ1) is 11.3. The molecule has 0 spiro atoms. The molecule has 0 saturated carbocycles. The fourth-order valence-electron chi connectivity index (χ4n) is 2.72. The molecule has 24 heavy (non-hydrogen) atoms.